The summed E-state index contributed by atoms with van der Waals surface area (Å²) >= 11 is 0. The smallest absolute Gasteiger partial charge is 0.255 e. The highest BCUT2D eigenvalue weighted by atomic mass is 35.5. The lowest BCUT2D eigenvalue weighted by atomic mass is 10.0. The van der Waals surface area contributed by atoms with Crippen molar-refractivity contribution in [1.82, 2.24) is 20.4 Å². The lowest BCUT2D eigenvalue weighted by Gasteiger charge is -2.23. The molecule has 2 heterocycles. The van der Waals surface area contributed by atoms with Crippen LogP contribution in [0.3, 0.4) is 0 Å². The maximum absolute atomic E-state index is 13.1. The van der Waals surface area contributed by atoms with Crippen molar-refractivity contribution in [2.45, 2.75) is 25.4 Å². The van der Waals surface area contributed by atoms with Gasteiger partial charge in [-0.3, -0.25) is 9.48 Å². The molecule has 7 heteroatoms. The highest BCUT2D eigenvalue weighted by Gasteiger charge is 2.22. The van der Waals surface area contributed by atoms with Crippen LogP contribution in [0.15, 0.2) is 60.8 Å². The SMILES string of the molecule is COc1cccc(-c2nn(Cc3ccccc3)cc2C(=O)N[C@H]2CCCNC2)c1.Cl. The Bertz CT molecular complexity index is 968. The molecule has 1 saturated heterocycles. The molecule has 0 bridgehead atoms. The van der Waals surface area contributed by atoms with E-state index in [-0.39, 0.29) is 24.4 Å². The zero-order valence-electron chi connectivity index (χ0n) is 17.0. The van der Waals surface area contributed by atoms with Gasteiger partial charge < -0.3 is 15.4 Å². The fraction of sp³-hybridized carbons (Fsp3) is 0.304. The maximum atomic E-state index is 13.1. The van der Waals surface area contributed by atoms with Gasteiger partial charge in [-0.25, -0.2) is 0 Å². The summed E-state index contributed by atoms with van der Waals surface area (Å²) in [5, 5.41) is 11.3. The van der Waals surface area contributed by atoms with Gasteiger partial charge in [0.1, 0.15) is 11.4 Å². The van der Waals surface area contributed by atoms with Crippen molar-refractivity contribution < 1.29 is 9.53 Å². The number of benzene rings is 2. The van der Waals surface area contributed by atoms with E-state index >= 15 is 0 Å². The van der Waals surface area contributed by atoms with E-state index in [1.807, 2.05) is 53.3 Å². The van der Waals surface area contributed by atoms with Crippen LogP contribution in [0, 0.1) is 0 Å². The fourth-order valence-corrected chi connectivity index (χ4v) is 3.66. The number of nitrogens with one attached hydrogen (secondary N) is 2. The van der Waals surface area contributed by atoms with Crippen molar-refractivity contribution in [2.75, 3.05) is 20.2 Å². The van der Waals surface area contributed by atoms with Crippen LogP contribution in [0.4, 0.5) is 0 Å². The molecule has 0 spiro atoms. The zero-order valence-corrected chi connectivity index (χ0v) is 17.8. The average molecular weight is 427 g/mol. The summed E-state index contributed by atoms with van der Waals surface area (Å²) in [4.78, 5) is 13.1. The Morgan fingerprint density at radius 3 is 2.80 bits per heavy atom. The molecule has 1 fully saturated rings. The van der Waals surface area contributed by atoms with E-state index in [1.54, 1.807) is 7.11 Å². The number of aromatic nitrogens is 2. The predicted octanol–water partition coefficient (Wildman–Crippen LogP) is 3.51. The first-order valence-corrected chi connectivity index (χ1v) is 10.0. The number of ether oxygens (including phenoxy) is 1. The molecule has 30 heavy (non-hydrogen) atoms. The minimum Gasteiger partial charge on any atom is -0.497 e. The monoisotopic (exact) mass is 426 g/mol. The van der Waals surface area contributed by atoms with E-state index in [4.69, 9.17) is 9.84 Å². The van der Waals surface area contributed by atoms with E-state index in [0.717, 1.165) is 42.8 Å². The normalized spacial score (nSPS) is 15.8. The third kappa shape index (κ3) is 5.20. The van der Waals surface area contributed by atoms with Crippen molar-refractivity contribution in [3.05, 3.63) is 71.9 Å². The van der Waals surface area contributed by atoms with E-state index in [2.05, 4.69) is 22.8 Å². The predicted molar refractivity (Wildman–Crippen MR) is 120 cm³/mol. The molecule has 2 aromatic carbocycles. The lowest BCUT2D eigenvalue weighted by molar-refractivity contribution is 0.0931. The Labute approximate surface area is 183 Å². The molecule has 1 amide bonds. The number of hydrogen-bond donors (Lipinski definition) is 2. The molecule has 1 aliphatic heterocycles. The molecular formula is C23H27ClN4O2. The minimum absolute atomic E-state index is 0. The molecule has 1 aromatic heterocycles. The van der Waals surface area contributed by atoms with Gasteiger partial charge in [0.15, 0.2) is 0 Å². The molecule has 4 rings (SSSR count). The standard InChI is InChI=1S/C23H26N4O2.ClH/c1-29-20-11-5-9-18(13-20)22-21(23(28)25-19-10-6-12-24-14-19)16-27(26-22)15-17-7-3-2-4-8-17;/h2-5,7-9,11,13,16,19,24H,6,10,12,14-15H2,1H3,(H,25,28);1H/t19-;/m0./s1. The second-order valence-electron chi connectivity index (χ2n) is 7.32. The number of amides is 1. The van der Waals surface area contributed by atoms with Crippen LogP contribution < -0.4 is 15.4 Å². The van der Waals surface area contributed by atoms with Gasteiger partial charge in [-0.15, -0.1) is 12.4 Å². The zero-order chi connectivity index (χ0) is 20.1. The number of hydrogen-bond acceptors (Lipinski definition) is 4. The Hall–Kier alpha value is -2.83. The number of rotatable bonds is 6. The minimum atomic E-state index is -0.0872. The van der Waals surface area contributed by atoms with Crippen LogP contribution in [-0.2, 0) is 6.54 Å². The number of carbonyl (C=O) groups is 1. The Morgan fingerprint density at radius 1 is 1.23 bits per heavy atom. The van der Waals surface area contributed by atoms with Gasteiger partial charge in [-0.05, 0) is 37.1 Å². The Morgan fingerprint density at radius 2 is 2.07 bits per heavy atom. The molecule has 0 saturated carbocycles. The quantitative estimate of drug-likeness (QED) is 0.633. The van der Waals surface area contributed by atoms with Crippen LogP contribution in [0.2, 0.25) is 0 Å². The fourth-order valence-electron chi connectivity index (χ4n) is 3.66. The van der Waals surface area contributed by atoms with Crippen LogP contribution in [0.1, 0.15) is 28.8 Å². The van der Waals surface area contributed by atoms with Crippen molar-refractivity contribution in [2.24, 2.45) is 0 Å². The number of methoxy groups -OCH3 is 1. The van der Waals surface area contributed by atoms with Gasteiger partial charge in [-0.1, -0.05) is 42.5 Å². The third-order valence-corrected chi connectivity index (χ3v) is 5.17. The molecular weight excluding hydrogens is 400 g/mol. The number of piperidine rings is 1. The summed E-state index contributed by atoms with van der Waals surface area (Å²) in [6.45, 7) is 2.42. The molecule has 0 unspecified atom stereocenters. The van der Waals surface area contributed by atoms with E-state index < -0.39 is 0 Å². The third-order valence-electron chi connectivity index (χ3n) is 5.17. The molecule has 0 aliphatic carbocycles. The van der Waals surface area contributed by atoms with E-state index in [0.29, 0.717) is 17.8 Å². The van der Waals surface area contributed by atoms with Gasteiger partial charge in [0.05, 0.1) is 19.2 Å². The summed E-state index contributed by atoms with van der Waals surface area (Å²) in [5.74, 6) is 0.652. The lowest BCUT2D eigenvalue weighted by Crippen LogP contribution is -2.45. The van der Waals surface area contributed by atoms with Crippen LogP contribution in [0.5, 0.6) is 5.75 Å². The molecule has 0 radical (unpaired) electrons. The first-order valence-electron chi connectivity index (χ1n) is 10.0. The van der Waals surface area contributed by atoms with Crippen molar-refractivity contribution >= 4 is 18.3 Å². The number of nitrogens with zero attached hydrogens (tertiary/aromatic N) is 2. The summed E-state index contributed by atoms with van der Waals surface area (Å²) in [7, 11) is 1.64. The molecule has 6 nitrogen and oxygen atoms in total. The number of carbonyl (C=O) groups excluding carboxylic acids is 1. The molecule has 158 valence electrons. The Kier molecular flexibility index (Phi) is 7.49. The second kappa shape index (κ2) is 10.3. The van der Waals surface area contributed by atoms with Crippen LogP contribution >= 0.6 is 12.4 Å². The summed E-state index contributed by atoms with van der Waals surface area (Å²) < 4.78 is 7.19. The van der Waals surface area contributed by atoms with Crippen LogP contribution in [0.25, 0.3) is 11.3 Å². The first-order chi connectivity index (χ1) is 14.2. The Balaban J connectivity index is 0.00000256. The van der Waals surface area contributed by atoms with Gasteiger partial charge in [-0.2, -0.15) is 5.10 Å². The van der Waals surface area contributed by atoms with Crippen LogP contribution in [-0.4, -0.2) is 41.9 Å². The summed E-state index contributed by atoms with van der Waals surface area (Å²) in [5.41, 5.74) is 3.25. The van der Waals surface area contributed by atoms with Crippen molar-refractivity contribution in [1.29, 1.82) is 0 Å². The highest BCUT2D eigenvalue weighted by molar-refractivity contribution is 6.00. The number of halogens is 1. The second-order valence-corrected chi connectivity index (χ2v) is 7.32. The first kappa shape index (κ1) is 21.9. The van der Waals surface area contributed by atoms with Gasteiger partial charge in [0, 0.05) is 24.3 Å². The average Bonchev–Trinajstić information content (AvgIpc) is 3.19. The summed E-state index contributed by atoms with van der Waals surface area (Å²) in [6, 6.07) is 17.9. The van der Waals surface area contributed by atoms with Crippen molar-refractivity contribution in [3.8, 4) is 17.0 Å². The molecule has 1 aliphatic rings. The molecule has 3 aromatic rings. The highest BCUT2D eigenvalue weighted by Crippen LogP contribution is 2.26. The van der Waals surface area contributed by atoms with E-state index in [1.165, 1.54) is 0 Å². The summed E-state index contributed by atoms with van der Waals surface area (Å²) in [6.07, 6.45) is 3.90. The topological polar surface area (TPSA) is 68.2 Å². The molecule has 2 N–H and O–H groups in total. The van der Waals surface area contributed by atoms with Gasteiger partial charge >= 0.3 is 0 Å². The van der Waals surface area contributed by atoms with Gasteiger partial charge in [0.2, 0.25) is 0 Å². The largest absolute Gasteiger partial charge is 0.497 e. The maximum Gasteiger partial charge on any atom is 0.255 e. The van der Waals surface area contributed by atoms with Crippen molar-refractivity contribution in [3.63, 3.8) is 0 Å². The van der Waals surface area contributed by atoms with Gasteiger partial charge in [0.25, 0.3) is 5.91 Å². The molecule has 1 atom stereocenters. The van der Waals surface area contributed by atoms with E-state index in [9.17, 15) is 4.79 Å².